The van der Waals surface area contributed by atoms with Crippen molar-refractivity contribution in [3.05, 3.63) is 64.1 Å². The molecular formula is C16H13BrO3. The van der Waals surface area contributed by atoms with Crippen molar-refractivity contribution in [1.29, 1.82) is 0 Å². The van der Waals surface area contributed by atoms with Gasteiger partial charge in [-0.3, -0.25) is 4.79 Å². The van der Waals surface area contributed by atoms with E-state index in [4.69, 9.17) is 9.47 Å². The molecule has 0 radical (unpaired) electrons. The van der Waals surface area contributed by atoms with Crippen LogP contribution in [0, 0.1) is 0 Å². The van der Waals surface area contributed by atoms with Crippen molar-refractivity contribution in [3.63, 3.8) is 0 Å². The van der Waals surface area contributed by atoms with Gasteiger partial charge in [0.05, 0.1) is 6.61 Å². The smallest absolute Gasteiger partial charge is 0.194 e. The summed E-state index contributed by atoms with van der Waals surface area (Å²) >= 11 is 3.40. The van der Waals surface area contributed by atoms with Crippen molar-refractivity contribution in [2.75, 3.05) is 13.2 Å². The van der Waals surface area contributed by atoms with Crippen LogP contribution in [0.3, 0.4) is 0 Å². The molecule has 1 unspecified atom stereocenters. The average molecular weight is 333 g/mol. The summed E-state index contributed by atoms with van der Waals surface area (Å²) in [6.45, 7) is 1.29. The van der Waals surface area contributed by atoms with E-state index in [1.165, 1.54) is 0 Å². The summed E-state index contributed by atoms with van der Waals surface area (Å²) in [7, 11) is 0. The molecule has 4 heteroatoms. The van der Waals surface area contributed by atoms with Crippen LogP contribution in [-0.2, 0) is 4.74 Å². The lowest BCUT2D eigenvalue weighted by Gasteiger charge is -2.07. The summed E-state index contributed by atoms with van der Waals surface area (Å²) < 4.78 is 11.5. The van der Waals surface area contributed by atoms with Gasteiger partial charge in [-0.15, -0.1) is 0 Å². The van der Waals surface area contributed by atoms with Crippen molar-refractivity contribution < 1.29 is 14.3 Å². The molecule has 1 saturated heterocycles. The Bertz CT molecular complexity index is 635. The predicted molar refractivity (Wildman–Crippen MR) is 79.3 cm³/mol. The molecule has 0 aromatic heterocycles. The maximum Gasteiger partial charge on any atom is 0.194 e. The Hall–Kier alpha value is -1.65. The summed E-state index contributed by atoms with van der Waals surface area (Å²) in [6, 6.07) is 14.6. The van der Waals surface area contributed by atoms with Crippen LogP contribution in [0.5, 0.6) is 5.75 Å². The summed E-state index contributed by atoms with van der Waals surface area (Å²) in [6.07, 6.45) is 0.206. The first-order valence-electron chi connectivity index (χ1n) is 6.38. The normalized spacial score (nSPS) is 16.8. The van der Waals surface area contributed by atoms with Gasteiger partial charge in [0.2, 0.25) is 0 Å². The molecule has 3 rings (SSSR count). The average Bonchev–Trinajstić information content (AvgIpc) is 3.29. The lowest BCUT2D eigenvalue weighted by molar-refractivity contribution is 0.103. The molecule has 1 aliphatic rings. The largest absolute Gasteiger partial charge is 0.491 e. The van der Waals surface area contributed by atoms with E-state index in [0.717, 1.165) is 11.1 Å². The lowest BCUT2D eigenvalue weighted by Crippen LogP contribution is -2.06. The van der Waals surface area contributed by atoms with Crippen LogP contribution in [0.4, 0.5) is 0 Å². The van der Waals surface area contributed by atoms with E-state index >= 15 is 0 Å². The minimum Gasteiger partial charge on any atom is -0.491 e. The van der Waals surface area contributed by atoms with E-state index in [0.29, 0.717) is 23.5 Å². The van der Waals surface area contributed by atoms with Crippen molar-refractivity contribution in [1.82, 2.24) is 0 Å². The van der Waals surface area contributed by atoms with Gasteiger partial charge >= 0.3 is 0 Å². The standard InChI is InChI=1S/C16H13BrO3/c17-15-7-2-1-6-14(15)16(18)11-4-3-5-12(8-11)19-9-13-10-20-13/h1-8,13H,9-10H2. The molecule has 0 saturated carbocycles. The Kier molecular flexibility index (Phi) is 3.85. The minimum atomic E-state index is -0.0226. The van der Waals surface area contributed by atoms with Crippen LogP contribution in [0.15, 0.2) is 53.0 Å². The molecule has 0 amide bonds. The molecule has 2 aromatic rings. The van der Waals surface area contributed by atoms with Gasteiger partial charge in [-0.2, -0.15) is 0 Å². The third-order valence-electron chi connectivity index (χ3n) is 3.05. The fourth-order valence-corrected chi connectivity index (χ4v) is 2.35. The third-order valence-corrected chi connectivity index (χ3v) is 3.74. The lowest BCUT2D eigenvalue weighted by atomic mass is 10.0. The van der Waals surface area contributed by atoms with E-state index in [-0.39, 0.29) is 11.9 Å². The maximum absolute atomic E-state index is 12.5. The molecular weight excluding hydrogens is 320 g/mol. The summed E-state index contributed by atoms with van der Waals surface area (Å²) in [5.74, 6) is 0.670. The Morgan fingerprint density at radius 3 is 2.80 bits per heavy atom. The molecule has 1 aliphatic heterocycles. The number of hydrogen-bond donors (Lipinski definition) is 0. The van der Waals surface area contributed by atoms with E-state index in [1.807, 2.05) is 30.3 Å². The zero-order valence-electron chi connectivity index (χ0n) is 10.7. The van der Waals surface area contributed by atoms with Crippen LogP contribution in [-0.4, -0.2) is 25.1 Å². The number of carbonyl (C=O) groups is 1. The van der Waals surface area contributed by atoms with Crippen molar-refractivity contribution in [2.45, 2.75) is 6.10 Å². The van der Waals surface area contributed by atoms with Gasteiger partial charge in [0.25, 0.3) is 0 Å². The number of rotatable bonds is 5. The molecule has 20 heavy (non-hydrogen) atoms. The zero-order valence-corrected chi connectivity index (χ0v) is 12.3. The Labute approximate surface area is 125 Å². The first-order valence-corrected chi connectivity index (χ1v) is 7.17. The number of benzene rings is 2. The second kappa shape index (κ2) is 5.77. The van der Waals surface area contributed by atoms with Crippen LogP contribution >= 0.6 is 15.9 Å². The number of ketones is 1. The second-order valence-corrected chi connectivity index (χ2v) is 5.46. The van der Waals surface area contributed by atoms with Gasteiger partial charge in [-0.1, -0.05) is 40.2 Å². The molecule has 0 aliphatic carbocycles. The van der Waals surface area contributed by atoms with Crippen LogP contribution in [0.1, 0.15) is 15.9 Å². The molecule has 1 atom stereocenters. The minimum absolute atomic E-state index is 0.0226. The van der Waals surface area contributed by atoms with Crippen LogP contribution in [0.2, 0.25) is 0 Å². The molecule has 1 fully saturated rings. The van der Waals surface area contributed by atoms with Gasteiger partial charge < -0.3 is 9.47 Å². The Balaban J connectivity index is 1.80. The molecule has 1 heterocycles. The highest BCUT2D eigenvalue weighted by Crippen LogP contribution is 2.22. The van der Waals surface area contributed by atoms with Crippen molar-refractivity contribution in [2.24, 2.45) is 0 Å². The molecule has 0 N–H and O–H groups in total. The summed E-state index contributed by atoms with van der Waals surface area (Å²) in [5, 5.41) is 0. The van der Waals surface area contributed by atoms with Crippen molar-refractivity contribution in [3.8, 4) is 5.75 Å². The SMILES string of the molecule is O=C(c1cccc(OCC2CO2)c1)c1ccccc1Br. The third kappa shape index (κ3) is 3.08. The Morgan fingerprint density at radius 2 is 2.05 bits per heavy atom. The van der Waals surface area contributed by atoms with E-state index in [2.05, 4.69) is 15.9 Å². The number of hydrogen-bond acceptors (Lipinski definition) is 3. The molecule has 0 spiro atoms. The van der Waals surface area contributed by atoms with E-state index in [9.17, 15) is 4.79 Å². The monoisotopic (exact) mass is 332 g/mol. The number of epoxide rings is 1. The first-order chi connectivity index (χ1) is 9.74. The fraction of sp³-hybridized carbons (Fsp3) is 0.188. The van der Waals surface area contributed by atoms with Gasteiger partial charge in [0.1, 0.15) is 18.5 Å². The van der Waals surface area contributed by atoms with Crippen LogP contribution < -0.4 is 4.74 Å². The highest BCUT2D eigenvalue weighted by atomic mass is 79.9. The number of ether oxygens (including phenoxy) is 2. The highest BCUT2D eigenvalue weighted by molar-refractivity contribution is 9.10. The maximum atomic E-state index is 12.5. The predicted octanol–water partition coefficient (Wildman–Crippen LogP) is 3.46. The van der Waals surface area contributed by atoms with Crippen LogP contribution in [0.25, 0.3) is 0 Å². The molecule has 2 aromatic carbocycles. The highest BCUT2D eigenvalue weighted by Gasteiger charge is 2.23. The second-order valence-electron chi connectivity index (χ2n) is 4.60. The number of carbonyl (C=O) groups excluding carboxylic acids is 1. The Morgan fingerprint density at radius 1 is 1.25 bits per heavy atom. The molecule has 102 valence electrons. The van der Waals surface area contributed by atoms with Gasteiger partial charge in [-0.05, 0) is 24.3 Å². The van der Waals surface area contributed by atoms with E-state index < -0.39 is 0 Å². The number of halogens is 1. The molecule has 3 nitrogen and oxygen atoms in total. The fourth-order valence-electron chi connectivity index (χ4n) is 1.88. The zero-order chi connectivity index (χ0) is 13.9. The summed E-state index contributed by atoms with van der Waals surface area (Å²) in [5.41, 5.74) is 1.27. The van der Waals surface area contributed by atoms with Crippen molar-refractivity contribution >= 4 is 21.7 Å². The van der Waals surface area contributed by atoms with Gasteiger partial charge in [0, 0.05) is 15.6 Å². The topological polar surface area (TPSA) is 38.8 Å². The quantitative estimate of drug-likeness (QED) is 0.621. The van der Waals surface area contributed by atoms with Gasteiger partial charge in [-0.25, -0.2) is 0 Å². The van der Waals surface area contributed by atoms with E-state index in [1.54, 1.807) is 18.2 Å². The first kappa shape index (κ1) is 13.3. The molecule has 0 bridgehead atoms. The summed E-state index contributed by atoms with van der Waals surface area (Å²) in [4.78, 5) is 12.5. The van der Waals surface area contributed by atoms with Gasteiger partial charge in [0.15, 0.2) is 5.78 Å².